The molecule has 0 N–H and O–H groups in total. The van der Waals surface area contributed by atoms with Crippen molar-refractivity contribution in [3.63, 3.8) is 0 Å². The van der Waals surface area contributed by atoms with Crippen molar-refractivity contribution < 1.29 is 14.7 Å². The quantitative estimate of drug-likeness (QED) is 0.418. The monoisotopic (exact) mass is 420 g/mol. The van der Waals surface area contributed by atoms with Crippen LogP contribution in [0.5, 0.6) is 0 Å². The fraction of sp³-hybridized carbons (Fsp3) is 0.389. The van der Waals surface area contributed by atoms with E-state index in [-0.39, 0.29) is 0 Å². The van der Waals surface area contributed by atoms with E-state index in [9.17, 15) is 0 Å². The van der Waals surface area contributed by atoms with Crippen LogP contribution in [-0.4, -0.2) is 8.07 Å². The fourth-order valence-electron chi connectivity index (χ4n) is 3.41. The normalized spacial score (nSPS) is 13.8. The molecule has 0 saturated carbocycles. The summed E-state index contributed by atoms with van der Waals surface area (Å²) in [5.41, 5.74) is 4.98. The van der Waals surface area contributed by atoms with Gasteiger partial charge in [-0.1, -0.05) is 80.3 Å². The van der Waals surface area contributed by atoms with E-state index in [2.05, 4.69) is 55.6 Å². The molecular formula is C18H23Cl3SiTi. The average molecular weight is 422 g/mol. The van der Waals surface area contributed by atoms with Gasteiger partial charge in [0.15, 0.2) is 0 Å². The predicted octanol–water partition coefficient (Wildman–Crippen LogP) is 6.05. The topological polar surface area (TPSA) is 0 Å². The van der Waals surface area contributed by atoms with Crippen LogP contribution in [0.4, 0.5) is 0 Å². The van der Waals surface area contributed by atoms with Gasteiger partial charge in [0, 0.05) is 0 Å². The van der Waals surface area contributed by atoms with Crippen molar-refractivity contribution in [3.8, 4) is 0 Å². The van der Waals surface area contributed by atoms with Crippen molar-refractivity contribution in [1.82, 2.24) is 0 Å². The molecule has 23 heavy (non-hydrogen) atoms. The number of halogens is 3. The van der Waals surface area contributed by atoms with Gasteiger partial charge in [0.2, 0.25) is 0 Å². The van der Waals surface area contributed by atoms with E-state index in [4.69, 9.17) is 27.9 Å². The first-order valence-corrected chi connectivity index (χ1v) is 17.7. The molecule has 0 saturated heterocycles. The summed E-state index contributed by atoms with van der Waals surface area (Å²) in [4.78, 5) is 0. The first-order chi connectivity index (χ1) is 10.9. The first kappa shape index (κ1) is 19.7. The summed E-state index contributed by atoms with van der Waals surface area (Å²) in [6.45, 7) is 5.01. The molecule has 0 aromatic heterocycles. The predicted molar refractivity (Wildman–Crippen MR) is 103 cm³/mol. The Morgan fingerprint density at radius 1 is 1.00 bits per heavy atom. The molecule has 1 aliphatic carbocycles. The Bertz CT molecular complexity index is 605. The van der Waals surface area contributed by atoms with Crippen LogP contribution in [0, 0.1) is 0 Å². The Morgan fingerprint density at radius 3 is 2.26 bits per heavy atom. The molecule has 1 aliphatic rings. The van der Waals surface area contributed by atoms with Crippen LogP contribution in [0.25, 0.3) is 0 Å². The first-order valence-electron chi connectivity index (χ1n) is 8.05. The van der Waals surface area contributed by atoms with Gasteiger partial charge in [0.05, 0.1) is 8.07 Å². The van der Waals surface area contributed by atoms with Gasteiger partial charge in [-0.15, -0.1) is 0 Å². The number of benzene rings is 1. The average Bonchev–Trinajstić information content (AvgIpc) is 2.90. The molecule has 3 rings (SSSR count). The molecule has 0 radical (unpaired) electrons. The van der Waals surface area contributed by atoms with Gasteiger partial charge in [-0.3, -0.25) is 0 Å². The van der Waals surface area contributed by atoms with Crippen LogP contribution in [0.15, 0.2) is 42.5 Å². The van der Waals surface area contributed by atoms with E-state index in [0.29, 0.717) is 0 Å². The van der Waals surface area contributed by atoms with Gasteiger partial charge in [-0.2, -0.15) is 22.8 Å². The van der Waals surface area contributed by atoms with Crippen LogP contribution in [0.1, 0.15) is 29.5 Å². The molecule has 124 valence electrons. The summed E-state index contributed by atoms with van der Waals surface area (Å²) in [5, 5.41) is 1.58. The minimum absolute atomic E-state index is 1.30. The zero-order valence-electron chi connectivity index (χ0n) is 13.7. The van der Waals surface area contributed by atoms with Crippen LogP contribution >= 0.6 is 27.9 Å². The molecule has 0 aliphatic heterocycles. The molecule has 0 heterocycles. The van der Waals surface area contributed by atoms with Crippen LogP contribution in [-0.2, 0) is 33.6 Å². The number of hydrogen-bond donors (Lipinski definition) is 0. The van der Waals surface area contributed by atoms with Crippen molar-refractivity contribution in [2.24, 2.45) is 0 Å². The number of fused-ring (bicyclic) bond motifs is 1. The Balaban J connectivity index is 0.000000433. The molecule has 0 nitrogen and oxygen atoms in total. The van der Waals surface area contributed by atoms with Crippen LogP contribution in [0.3, 0.4) is 0 Å². The third kappa shape index (κ3) is 5.99. The van der Waals surface area contributed by atoms with Crippen LogP contribution < -0.4 is 5.19 Å². The van der Waals surface area contributed by atoms with Crippen molar-refractivity contribution in [1.29, 1.82) is 0 Å². The molecule has 2 aromatic carbocycles. The second-order valence-corrected chi connectivity index (χ2v) is 19.1. The second-order valence-electron chi connectivity index (χ2n) is 6.71. The van der Waals surface area contributed by atoms with E-state index >= 15 is 0 Å². The number of rotatable bonds is 3. The van der Waals surface area contributed by atoms with Crippen molar-refractivity contribution in [2.75, 3.05) is 0 Å². The van der Waals surface area contributed by atoms with Crippen molar-refractivity contribution in [2.45, 2.75) is 44.8 Å². The van der Waals surface area contributed by atoms with Crippen molar-refractivity contribution >= 4 is 41.2 Å². The number of aryl methyl sites for hydroxylation is 1. The third-order valence-corrected chi connectivity index (χ3v) is 7.73. The third-order valence-electron chi connectivity index (χ3n) is 4.57. The summed E-state index contributed by atoms with van der Waals surface area (Å²) >= 11 is -1.92. The van der Waals surface area contributed by atoms with E-state index in [1.807, 2.05) is 0 Å². The molecule has 0 amide bonds. The second kappa shape index (κ2) is 9.17. The summed E-state index contributed by atoms with van der Waals surface area (Å²) in [7, 11) is 13.6. The Hall–Kier alpha value is 0.371. The maximum absolute atomic E-state index is 4.97. The van der Waals surface area contributed by atoms with Gasteiger partial charge in [-0.05, 0) is 0 Å². The Kier molecular flexibility index (Phi) is 7.86. The molecular weight excluding hydrogens is 399 g/mol. The standard InChI is InChI=1S/C18H23Si.3ClH.Ti/c1-19(2,17-9-4-3-5-10-17)14-16-13-12-15-8-6-7-11-18(15)16;;;;/h3-5,9-10,12-13H,6-8,11,14H2,1-2H3;3*1H;/q-1;;;;+4/p-3. The minimum atomic E-state index is -1.92. The van der Waals surface area contributed by atoms with Crippen LogP contribution in [0.2, 0.25) is 13.1 Å². The number of hydrogen-bond acceptors (Lipinski definition) is 0. The van der Waals surface area contributed by atoms with E-state index in [1.165, 1.54) is 31.7 Å². The molecule has 2 aromatic rings. The molecule has 0 unspecified atom stereocenters. The van der Waals surface area contributed by atoms with E-state index < -0.39 is 22.8 Å². The zero-order chi connectivity index (χ0) is 16.9. The Morgan fingerprint density at radius 2 is 1.61 bits per heavy atom. The summed E-state index contributed by atoms with van der Waals surface area (Å²) in [5.74, 6) is 0. The SMILES string of the molecule is C[Si](C)(C[c-]1ccc2c1CCCC2)c1ccccc1.[Cl][Ti+]([Cl])[Cl]. The van der Waals surface area contributed by atoms with Gasteiger partial charge in [0.1, 0.15) is 0 Å². The molecule has 0 atom stereocenters. The molecule has 0 spiro atoms. The Labute approximate surface area is 159 Å². The van der Waals surface area contributed by atoms with Gasteiger partial charge < -0.3 is 0 Å². The molecule has 5 heteroatoms. The zero-order valence-corrected chi connectivity index (χ0v) is 18.5. The van der Waals surface area contributed by atoms with Gasteiger partial charge in [0.25, 0.3) is 0 Å². The fourth-order valence-corrected chi connectivity index (χ4v) is 6.00. The van der Waals surface area contributed by atoms with Gasteiger partial charge in [-0.25, -0.2) is 6.07 Å². The summed E-state index contributed by atoms with van der Waals surface area (Å²) in [6, 6.07) is 17.2. The van der Waals surface area contributed by atoms with Crippen molar-refractivity contribution in [3.05, 3.63) is 59.2 Å². The van der Waals surface area contributed by atoms with E-state index in [0.717, 1.165) is 0 Å². The molecule has 0 bridgehead atoms. The van der Waals surface area contributed by atoms with E-state index in [1.54, 1.807) is 21.9 Å². The summed E-state index contributed by atoms with van der Waals surface area (Å²) in [6.07, 6.45) is 5.40. The maximum atomic E-state index is 4.97. The van der Waals surface area contributed by atoms with Gasteiger partial charge >= 0.3 is 42.6 Å². The summed E-state index contributed by atoms with van der Waals surface area (Å²) < 4.78 is 0. The molecule has 0 fully saturated rings.